The smallest absolute Gasteiger partial charge is 0.243 e. The second-order valence-corrected chi connectivity index (χ2v) is 7.09. The third kappa shape index (κ3) is 3.32. The number of ether oxygens (including phenoxy) is 1. The van der Waals surface area contributed by atoms with Crippen molar-refractivity contribution < 1.29 is 13.9 Å². The summed E-state index contributed by atoms with van der Waals surface area (Å²) in [5, 5.41) is 3.67. The van der Waals surface area contributed by atoms with E-state index in [1.807, 2.05) is 26.0 Å². The topological polar surface area (TPSA) is 91.1 Å². The van der Waals surface area contributed by atoms with Crippen LogP contribution in [-0.4, -0.2) is 35.1 Å². The standard InChI is InChI=1S/C20H22FN5O2/c1-10-11(2)25-26-18(10)20(27)23-13-6-12-7-17(24-19(12)22-9-13)15-5-4-14(28-3)8-16(15)21/h4-11,18,25-26H,1-3H3,(H,22,24)(H,23,27). The normalized spacial score (nSPS) is 21.8. The van der Waals surface area contributed by atoms with Gasteiger partial charge >= 0.3 is 0 Å². The van der Waals surface area contributed by atoms with Crippen molar-refractivity contribution in [3.05, 3.63) is 42.3 Å². The number of benzene rings is 1. The molecule has 1 aromatic carbocycles. The molecule has 3 aromatic rings. The van der Waals surface area contributed by atoms with Gasteiger partial charge in [-0.05, 0) is 37.1 Å². The Morgan fingerprint density at radius 3 is 2.71 bits per heavy atom. The maximum atomic E-state index is 14.4. The number of anilines is 1. The van der Waals surface area contributed by atoms with Crippen LogP contribution in [0.1, 0.15) is 13.8 Å². The van der Waals surface area contributed by atoms with E-state index < -0.39 is 0 Å². The minimum absolute atomic E-state index is 0.123. The molecule has 1 saturated heterocycles. The van der Waals surface area contributed by atoms with Gasteiger partial charge in [-0.25, -0.2) is 14.8 Å². The molecule has 0 saturated carbocycles. The summed E-state index contributed by atoms with van der Waals surface area (Å²) in [7, 11) is 1.50. The second-order valence-electron chi connectivity index (χ2n) is 7.09. The van der Waals surface area contributed by atoms with Crippen molar-refractivity contribution in [2.75, 3.05) is 12.4 Å². The van der Waals surface area contributed by atoms with Crippen LogP contribution in [0.15, 0.2) is 36.5 Å². The Labute approximate surface area is 161 Å². The van der Waals surface area contributed by atoms with Crippen LogP contribution in [0.2, 0.25) is 0 Å². The van der Waals surface area contributed by atoms with Gasteiger partial charge in [-0.15, -0.1) is 0 Å². The van der Waals surface area contributed by atoms with Crippen molar-refractivity contribution in [1.82, 2.24) is 20.8 Å². The fourth-order valence-electron chi connectivity index (χ4n) is 3.37. The number of halogens is 1. The highest BCUT2D eigenvalue weighted by molar-refractivity contribution is 5.97. The number of aromatic nitrogens is 2. The van der Waals surface area contributed by atoms with Crippen LogP contribution < -0.4 is 20.9 Å². The number of carbonyl (C=O) groups excluding carboxylic acids is 1. The van der Waals surface area contributed by atoms with Gasteiger partial charge in [0.25, 0.3) is 0 Å². The van der Waals surface area contributed by atoms with Crippen LogP contribution in [0.25, 0.3) is 22.3 Å². The Balaban J connectivity index is 1.58. The fraction of sp³-hybridized carbons (Fsp3) is 0.300. The molecule has 0 spiro atoms. The zero-order chi connectivity index (χ0) is 19.8. The average molecular weight is 383 g/mol. The van der Waals surface area contributed by atoms with E-state index in [0.717, 1.165) is 5.39 Å². The Morgan fingerprint density at radius 2 is 2.04 bits per heavy atom. The number of amides is 1. The quantitative estimate of drug-likeness (QED) is 0.556. The third-order valence-corrected chi connectivity index (χ3v) is 5.27. The zero-order valence-corrected chi connectivity index (χ0v) is 15.8. The molecule has 3 atom stereocenters. The van der Waals surface area contributed by atoms with Crippen LogP contribution in [0, 0.1) is 11.7 Å². The highest BCUT2D eigenvalue weighted by Gasteiger charge is 2.34. The molecule has 1 aliphatic heterocycles. The molecule has 0 radical (unpaired) electrons. The Bertz CT molecular complexity index is 1030. The summed E-state index contributed by atoms with van der Waals surface area (Å²) in [5.41, 5.74) is 8.33. The number of aromatic amines is 1. The fourth-order valence-corrected chi connectivity index (χ4v) is 3.37. The van der Waals surface area contributed by atoms with Crippen molar-refractivity contribution in [2.24, 2.45) is 5.92 Å². The van der Waals surface area contributed by atoms with Gasteiger partial charge in [0.15, 0.2) is 0 Å². The Kier molecular flexibility index (Phi) is 4.74. The van der Waals surface area contributed by atoms with Gasteiger partial charge in [0, 0.05) is 23.1 Å². The second kappa shape index (κ2) is 7.21. The van der Waals surface area contributed by atoms with E-state index in [1.54, 1.807) is 18.3 Å². The number of fused-ring (bicyclic) bond motifs is 1. The number of hydrazine groups is 1. The molecule has 1 fully saturated rings. The van der Waals surface area contributed by atoms with Crippen molar-refractivity contribution in [1.29, 1.82) is 0 Å². The lowest BCUT2D eigenvalue weighted by Gasteiger charge is -2.15. The van der Waals surface area contributed by atoms with Gasteiger partial charge in [0.05, 0.1) is 24.7 Å². The lowest BCUT2D eigenvalue weighted by atomic mass is 9.97. The molecule has 0 bridgehead atoms. The molecule has 4 rings (SSSR count). The number of carbonyl (C=O) groups is 1. The van der Waals surface area contributed by atoms with Gasteiger partial charge in [-0.3, -0.25) is 10.2 Å². The van der Waals surface area contributed by atoms with Crippen LogP contribution >= 0.6 is 0 Å². The van der Waals surface area contributed by atoms with Gasteiger partial charge in [-0.1, -0.05) is 6.92 Å². The van der Waals surface area contributed by atoms with E-state index in [1.165, 1.54) is 13.2 Å². The highest BCUT2D eigenvalue weighted by atomic mass is 19.1. The van der Waals surface area contributed by atoms with Crippen molar-refractivity contribution >= 4 is 22.6 Å². The molecule has 1 aliphatic rings. The van der Waals surface area contributed by atoms with E-state index >= 15 is 0 Å². The number of hydrogen-bond donors (Lipinski definition) is 4. The largest absolute Gasteiger partial charge is 0.497 e. The molecular weight excluding hydrogens is 361 g/mol. The number of hydrogen-bond acceptors (Lipinski definition) is 5. The Morgan fingerprint density at radius 1 is 1.21 bits per heavy atom. The predicted octanol–water partition coefficient (Wildman–Crippen LogP) is 2.82. The van der Waals surface area contributed by atoms with Gasteiger partial charge in [0.1, 0.15) is 23.3 Å². The molecule has 1 amide bonds. The minimum atomic E-state index is -0.387. The van der Waals surface area contributed by atoms with E-state index in [2.05, 4.69) is 26.1 Å². The average Bonchev–Trinajstić information content (AvgIpc) is 3.24. The number of nitrogens with zero attached hydrogens (tertiary/aromatic N) is 1. The summed E-state index contributed by atoms with van der Waals surface area (Å²) in [6, 6.07) is 8.21. The third-order valence-electron chi connectivity index (χ3n) is 5.27. The predicted molar refractivity (Wildman–Crippen MR) is 105 cm³/mol. The number of pyridine rings is 1. The first kappa shape index (κ1) is 18.4. The molecular formula is C20H22FN5O2. The molecule has 7 nitrogen and oxygen atoms in total. The first-order valence-electron chi connectivity index (χ1n) is 9.11. The maximum Gasteiger partial charge on any atom is 0.243 e. The van der Waals surface area contributed by atoms with Crippen molar-refractivity contribution in [3.63, 3.8) is 0 Å². The maximum absolute atomic E-state index is 14.4. The summed E-state index contributed by atoms with van der Waals surface area (Å²) in [6.07, 6.45) is 1.58. The summed E-state index contributed by atoms with van der Waals surface area (Å²) < 4.78 is 19.4. The van der Waals surface area contributed by atoms with Gasteiger partial charge < -0.3 is 15.0 Å². The summed E-state index contributed by atoms with van der Waals surface area (Å²) in [6.45, 7) is 4.05. The number of rotatable bonds is 4. The number of H-pyrrole nitrogens is 1. The van der Waals surface area contributed by atoms with E-state index in [4.69, 9.17) is 4.74 Å². The molecule has 3 unspecified atom stereocenters. The minimum Gasteiger partial charge on any atom is -0.497 e. The zero-order valence-electron chi connectivity index (χ0n) is 15.8. The molecule has 8 heteroatoms. The number of methoxy groups -OCH3 is 1. The highest BCUT2D eigenvalue weighted by Crippen LogP contribution is 2.29. The summed E-state index contributed by atoms with van der Waals surface area (Å²) in [4.78, 5) is 20.0. The number of nitrogens with one attached hydrogen (secondary N) is 4. The van der Waals surface area contributed by atoms with Crippen LogP contribution in [0.5, 0.6) is 5.75 Å². The molecule has 3 heterocycles. The molecule has 0 aliphatic carbocycles. The first-order chi connectivity index (χ1) is 13.5. The SMILES string of the molecule is COc1ccc(-c2cc3cc(NC(=O)C4NNC(C)C4C)cnc3[nH]2)c(F)c1. The van der Waals surface area contributed by atoms with Gasteiger partial charge in [0.2, 0.25) is 5.91 Å². The van der Waals surface area contributed by atoms with Crippen LogP contribution in [0.3, 0.4) is 0 Å². The molecule has 2 aromatic heterocycles. The Hall–Kier alpha value is -2.97. The molecule has 28 heavy (non-hydrogen) atoms. The van der Waals surface area contributed by atoms with Crippen LogP contribution in [-0.2, 0) is 4.79 Å². The van der Waals surface area contributed by atoms with Crippen molar-refractivity contribution in [2.45, 2.75) is 25.9 Å². The van der Waals surface area contributed by atoms with E-state index in [0.29, 0.717) is 28.3 Å². The van der Waals surface area contributed by atoms with Crippen molar-refractivity contribution in [3.8, 4) is 17.0 Å². The monoisotopic (exact) mass is 383 g/mol. The lowest BCUT2D eigenvalue weighted by Crippen LogP contribution is -2.41. The lowest BCUT2D eigenvalue weighted by molar-refractivity contribution is -0.118. The van der Waals surface area contributed by atoms with Gasteiger partial charge in [-0.2, -0.15) is 0 Å². The molecule has 4 N–H and O–H groups in total. The van der Waals surface area contributed by atoms with E-state index in [9.17, 15) is 9.18 Å². The first-order valence-corrected chi connectivity index (χ1v) is 9.11. The summed E-state index contributed by atoms with van der Waals surface area (Å²) >= 11 is 0. The summed E-state index contributed by atoms with van der Waals surface area (Å²) in [5.74, 6) is 0.109. The molecule has 146 valence electrons. The van der Waals surface area contributed by atoms with Crippen LogP contribution in [0.4, 0.5) is 10.1 Å². The van der Waals surface area contributed by atoms with E-state index in [-0.39, 0.29) is 29.7 Å².